The second kappa shape index (κ2) is 6.50. The van der Waals surface area contributed by atoms with Crippen molar-refractivity contribution in [3.63, 3.8) is 0 Å². The molecular weight excluding hydrogens is 255 g/mol. The van der Waals surface area contributed by atoms with Gasteiger partial charge in [0.2, 0.25) is 0 Å². The van der Waals surface area contributed by atoms with Crippen molar-refractivity contribution in [1.82, 2.24) is 0 Å². The zero-order chi connectivity index (χ0) is 11.1. The normalized spacial score (nSPS) is 8.64. The molecule has 0 aliphatic carbocycles. The lowest BCUT2D eigenvalue weighted by Gasteiger charge is -2.03. The number of halogens is 2. The first-order valence-electron chi connectivity index (χ1n) is 3.62. The van der Waals surface area contributed by atoms with E-state index >= 15 is 0 Å². The highest BCUT2D eigenvalue weighted by Crippen LogP contribution is 2.28. The molecular formula is C9H10BrFO3. The maximum Gasteiger partial charge on any atom is 0.150 e. The van der Waals surface area contributed by atoms with Crippen molar-refractivity contribution in [3.05, 3.63) is 28.0 Å². The maximum absolute atomic E-state index is 12.9. The van der Waals surface area contributed by atoms with Gasteiger partial charge in [0.05, 0.1) is 11.6 Å². The van der Waals surface area contributed by atoms with E-state index in [1.807, 2.05) is 0 Å². The van der Waals surface area contributed by atoms with Gasteiger partial charge in [-0.05, 0) is 28.1 Å². The fourth-order valence-electron chi connectivity index (χ4n) is 0.800. The summed E-state index contributed by atoms with van der Waals surface area (Å²) in [7, 11) is 2.41. The van der Waals surface area contributed by atoms with Crippen LogP contribution in [0.4, 0.5) is 4.39 Å². The van der Waals surface area contributed by atoms with Crippen molar-refractivity contribution in [2.75, 3.05) is 14.2 Å². The fourth-order valence-corrected chi connectivity index (χ4v) is 1.19. The summed E-state index contributed by atoms with van der Waals surface area (Å²) < 4.78 is 18.0. The molecule has 5 heteroatoms. The van der Waals surface area contributed by atoms with Crippen LogP contribution in [0.3, 0.4) is 0 Å². The van der Waals surface area contributed by atoms with Gasteiger partial charge in [-0.1, -0.05) is 0 Å². The van der Waals surface area contributed by atoms with E-state index in [0.29, 0.717) is 12.0 Å². The second-order valence-corrected chi connectivity index (χ2v) is 2.93. The molecule has 0 fully saturated rings. The molecule has 1 aromatic rings. The summed E-state index contributed by atoms with van der Waals surface area (Å²) in [5.41, 5.74) is 0.257. The van der Waals surface area contributed by atoms with E-state index in [2.05, 4.69) is 15.9 Å². The van der Waals surface area contributed by atoms with Crippen molar-refractivity contribution >= 4 is 22.2 Å². The van der Waals surface area contributed by atoms with Gasteiger partial charge in [-0.25, -0.2) is 4.39 Å². The number of ether oxygens (including phenoxy) is 1. The number of rotatable bonds is 2. The molecule has 3 nitrogen and oxygen atoms in total. The number of aliphatic hydroxyl groups is 1. The average Bonchev–Trinajstić information content (AvgIpc) is 2.24. The minimum Gasteiger partial charge on any atom is -0.495 e. The van der Waals surface area contributed by atoms with Crippen LogP contribution in [0.5, 0.6) is 5.75 Å². The predicted octanol–water partition coefficient (Wildman–Crippen LogP) is 2.02. The van der Waals surface area contributed by atoms with Gasteiger partial charge in [-0.3, -0.25) is 4.79 Å². The van der Waals surface area contributed by atoms with E-state index < -0.39 is 5.82 Å². The largest absolute Gasteiger partial charge is 0.495 e. The maximum atomic E-state index is 12.9. The SMILES string of the molecule is CO.COc1cc(C=O)cc(F)c1Br. The van der Waals surface area contributed by atoms with E-state index in [0.717, 1.165) is 13.2 Å². The van der Waals surface area contributed by atoms with Crippen LogP contribution in [-0.2, 0) is 0 Å². The number of aldehydes is 1. The Morgan fingerprint density at radius 2 is 2.07 bits per heavy atom. The Bertz CT molecular complexity index is 315. The third kappa shape index (κ3) is 3.08. The zero-order valence-electron chi connectivity index (χ0n) is 7.75. The van der Waals surface area contributed by atoms with Gasteiger partial charge in [-0.15, -0.1) is 0 Å². The molecule has 0 heterocycles. The fraction of sp³-hybridized carbons (Fsp3) is 0.222. The summed E-state index contributed by atoms with van der Waals surface area (Å²) in [4.78, 5) is 10.3. The Hall–Kier alpha value is -0.940. The van der Waals surface area contributed by atoms with E-state index in [1.54, 1.807) is 0 Å². The van der Waals surface area contributed by atoms with Crippen LogP contribution >= 0.6 is 15.9 Å². The number of aliphatic hydroxyl groups excluding tert-OH is 1. The quantitative estimate of drug-likeness (QED) is 0.832. The number of carbonyl (C=O) groups is 1. The van der Waals surface area contributed by atoms with Crippen molar-refractivity contribution in [2.24, 2.45) is 0 Å². The molecule has 0 amide bonds. The van der Waals surface area contributed by atoms with Crippen LogP contribution in [0.15, 0.2) is 16.6 Å². The number of methoxy groups -OCH3 is 1. The molecule has 0 aliphatic rings. The minimum absolute atomic E-state index is 0.232. The topological polar surface area (TPSA) is 46.5 Å². The van der Waals surface area contributed by atoms with E-state index in [-0.39, 0.29) is 10.0 Å². The van der Waals surface area contributed by atoms with Crippen molar-refractivity contribution in [2.45, 2.75) is 0 Å². The van der Waals surface area contributed by atoms with Crippen LogP contribution < -0.4 is 4.74 Å². The molecule has 0 aromatic heterocycles. The van der Waals surface area contributed by atoms with Gasteiger partial charge in [0.15, 0.2) is 0 Å². The van der Waals surface area contributed by atoms with Crippen molar-refractivity contribution < 1.29 is 19.0 Å². The predicted molar refractivity (Wildman–Crippen MR) is 54.2 cm³/mol. The molecule has 1 N–H and O–H groups in total. The molecule has 78 valence electrons. The first-order valence-corrected chi connectivity index (χ1v) is 4.41. The van der Waals surface area contributed by atoms with Crippen LogP contribution in [0.2, 0.25) is 0 Å². The van der Waals surface area contributed by atoms with Gasteiger partial charge in [0.1, 0.15) is 17.9 Å². The minimum atomic E-state index is -0.503. The van der Waals surface area contributed by atoms with Gasteiger partial charge in [0, 0.05) is 12.7 Å². The number of benzene rings is 1. The molecule has 0 saturated heterocycles. The molecule has 1 rings (SSSR count). The lowest BCUT2D eigenvalue weighted by Crippen LogP contribution is -1.90. The highest BCUT2D eigenvalue weighted by Gasteiger charge is 2.07. The highest BCUT2D eigenvalue weighted by molar-refractivity contribution is 9.10. The average molecular weight is 265 g/mol. The van der Waals surface area contributed by atoms with Crippen LogP contribution in [0.25, 0.3) is 0 Å². The lowest BCUT2D eigenvalue weighted by molar-refractivity contribution is 0.112. The van der Waals surface area contributed by atoms with Gasteiger partial charge < -0.3 is 9.84 Å². The van der Waals surface area contributed by atoms with E-state index in [4.69, 9.17) is 9.84 Å². The van der Waals surface area contributed by atoms with Gasteiger partial charge >= 0.3 is 0 Å². The molecule has 0 aliphatic heterocycles. The standard InChI is InChI=1S/C8H6BrFO2.CH4O/c1-12-7-3-5(4-11)2-6(10)8(7)9;1-2/h2-4H,1H3;2H,1H3. The lowest BCUT2D eigenvalue weighted by atomic mass is 10.2. The van der Waals surface area contributed by atoms with Crippen LogP contribution in [-0.4, -0.2) is 25.6 Å². The Balaban J connectivity index is 0.000000791. The Kier molecular flexibility index (Phi) is 6.07. The third-order valence-corrected chi connectivity index (χ3v) is 2.14. The summed E-state index contributed by atoms with van der Waals surface area (Å²) in [5, 5.41) is 7.00. The summed E-state index contributed by atoms with van der Waals surface area (Å²) in [6.45, 7) is 0. The second-order valence-electron chi connectivity index (χ2n) is 2.14. The molecule has 14 heavy (non-hydrogen) atoms. The molecule has 0 radical (unpaired) electrons. The molecule has 1 aromatic carbocycles. The van der Waals surface area contributed by atoms with Crippen LogP contribution in [0.1, 0.15) is 10.4 Å². The highest BCUT2D eigenvalue weighted by atomic mass is 79.9. The van der Waals surface area contributed by atoms with Crippen molar-refractivity contribution in [1.29, 1.82) is 0 Å². The first kappa shape index (κ1) is 13.1. The summed E-state index contributed by atoms with van der Waals surface area (Å²) >= 11 is 2.99. The third-order valence-electron chi connectivity index (χ3n) is 1.37. The monoisotopic (exact) mass is 264 g/mol. The molecule has 0 bridgehead atoms. The Morgan fingerprint density at radius 1 is 1.50 bits per heavy atom. The number of carbonyl (C=O) groups excluding carboxylic acids is 1. The van der Waals surface area contributed by atoms with Gasteiger partial charge in [-0.2, -0.15) is 0 Å². The first-order chi connectivity index (χ1) is 6.69. The molecule has 0 unspecified atom stereocenters. The zero-order valence-corrected chi connectivity index (χ0v) is 9.34. The molecule has 0 atom stereocenters. The van der Waals surface area contributed by atoms with E-state index in [1.165, 1.54) is 13.2 Å². The number of hydrogen-bond acceptors (Lipinski definition) is 3. The smallest absolute Gasteiger partial charge is 0.150 e. The van der Waals surface area contributed by atoms with Gasteiger partial charge in [0.25, 0.3) is 0 Å². The molecule has 0 saturated carbocycles. The van der Waals surface area contributed by atoms with Crippen molar-refractivity contribution in [3.8, 4) is 5.75 Å². The Labute approximate surface area is 89.6 Å². The Morgan fingerprint density at radius 3 is 2.50 bits per heavy atom. The van der Waals surface area contributed by atoms with Crippen LogP contribution in [0, 0.1) is 5.82 Å². The molecule has 0 spiro atoms. The summed E-state index contributed by atoms with van der Waals surface area (Å²) in [6, 6.07) is 2.60. The number of hydrogen-bond donors (Lipinski definition) is 1. The summed E-state index contributed by atoms with van der Waals surface area (Å²) in [5.74, 6) is -0.187. The summed E-state index contributed by atoms with van der Waals surface area (Å²) in [6.07, 6.45) is 0.568. The van der Waals surface area contributed by atoms with E-state index in [9.17, 15) is 9.18 Å².